The van der Waals surface area contributed by atoms with Gasteiger partial charge in [0, 0.05) is 12.5 Å². The highest BCUT2D eigenvalue weighted by molar-refractivity contribution is 6.32. The number of carbonyl (C=O) groups excluding carboxylic acids is 6. The molecule has 0 saturated heterocycles. The van der Waals surface area contributed by atoms with Gasteiger partial charge < -0.3 is 25.8 Å². The van der Waals surface area contributed by atoms with Crippen LogP contribution in [0.3, 0.4) is 0 Å². The van der Waals surface area contributed by atoms with E-state index in [1.807, 2.05) is 0 Å². The monoisotopic (exact) mass is 538 g/mol. The van der Waals surface area contributed by atoms with Crippen molar-refractivity contribution in [2.24, 2.45) is 29.4 Å². The number of fused-ring (bicyclic) bond motifs is 3. The Bertz CT molecular complexity index is 1430. The number of nitrogens with zero attached hydrogens (tertiary/aromatic N) is 2. The maximum absolute atomic E-state index is 13.8. The van der Waals surface area contributed by atoms with Gasteiger partial charge in [-0.3, -0.25) is 33.7 Å². The molecule has 1 heterocycles. The highest BCUT2D eigenvalue weighted by atomic mass is 16.5. The van der Waals surface area contributed by atoms with E-state index in [4.69, 9.17) is 5.73 Å². The van der Waals surface area contributed by atoms with Gasteiger partial charge >= 0.3 is 0 Å². The molecule has 2 aromatic rings. The van der Waals surface area contributed by atoms with Gasteiger partial charge in [-0.15, -0.1) is 0 Å². The predicted molar refractivity (Wildman–Crippen MR) is 129 cm³/mol. The fourth-order valence-corrected chi connectivity index (χ4v) is 6.43. The van der Waals surface area contributed by atoms with Gasteiger partial charge in [0.2, 0.25) is 5.91 Å². The second-order valence-corrected chi connectivity index (χ2v) is 10.5. The fraction of sp³-hybridized carbons (Fsp3) is 0.423. The molecule has 3 aliphatic carbocycles. The van der Waals surface area contributed by atoms with E-state index in [0.29, 0.717) is 11.1 Å². The van der Waals surface area contributed by atoms with Gasteiger partial charge in [0.1, 0.15) is 12.0 Å². The molecule has 1 aromatic heterocycles. The van der Waals surface area contributed by atoms with Crippen LogP contribution >= 0.6 is 0 Å². The summed E-state index contributed by atoms with van der Waals surface area (Å²) < 4.78 is 4.67. The zero-order valence-corrected chi connectivity index (χ0v) is 21.0. The van der Waals surface area contributed by atoms with Crippen LogP contribution in [0.1, 0.15) is 38.3 Å². The zero-order chi connectivity index (χ0) is 28.4. The first-order valence-corrected chi connectivity index (χ1v) is 12.3. The van der Waals surface area contributed by atoms with Gasteiger partial charge in [-0.2, -0.15) is 0 Å². The number of ketones is 4. The largest absolute Gasteiger partial charge is 0.507 e. The van der Waals surface area contributed by atoms with Gasteiger partial charge in [0.05, 0.1) is 29.3 Å². The van der Waals surface area contributed by atoms with Crippen LogP contribution in [-0.2, 0) is 32.1 Å². The van der Waals surface area contributed by atoms with E-state index in [9.17, 15) is 39.0 Å². The van der Waals surface area contributed by atoms with Crippen molar-refractivity contribution in [1.29, 1.82) is 0 Å². The van der Waals surface area contributed by atoms with E-state index in [2.05, 4.69) is 15.0 Å². The van der Waals surface area contributed by atoms with Crippen LogP contribution in [0, 0.1) is 23.7 Å². The van der Waals surface area contributed by atoms with E-state index < -0.39 is 76.0 Å². The number of carbonyl (C=O) groups is 6. The van der Waals surface area contributed by atoms with Crippen LogP contribution in [0.5, 0.6) is 5.75 Å². The molecule has 39 heavy (non-hydrogen) atoms. The molecule has 6 atom stereocenters. The number of aromatic hydroxyl groups is 1. The Hall–Kier alpha value is -4.23. The van der Waals surface area contributed by atoms with E-state index in [1.165, 1.54) is 37.5 Å². The predicted octanol–water partition coefficient (Wildman–Crippen LogP) is -1.21. The summed E-state index contributed by atoms with van der Waals surface area (Å²) in [6.45, 7) is -0.0177. The van der Waals surface area contributed by atoms with Crippen molar-refractivity contribution in [3.63, 3.8) is 0 Å². The molecule has 5 N–H and O–H groups in total. The highest BCUT2D eigenvalue weighted by Gasteiger charge is 2.69. The summed E-state index contributed by atoms with van der Waals surface area (Å²) in [5.41, 5.74) is 3.51. The average Bonchev–Trinajstić information content (AvgIpc) is 3.40. The number of benzene rings is 1. The molecule has 2 unspecified atom stereocenters. The van der Waals surface area contributed by atoms with E-state index in [-0.39, 0.29) is 30.5 Å². The van der Waals surface area contributed by atoms with Crippen LogP contribution in [0.2, 0.25) is 0 Å². The molecule has 2 fully saturated rings. The third kappa shape index (κ3) is 3.80. The van der Waals surface area contributed by atoms with Crippen LogP contribution in [0.15, 0.2) is 29.1 Å². The maximum atomic E-state index is 13.8. The van der Waals surface area contributed by atoms with Crippen molar-refractivity contribution in [3.05, 3.63) is 46.8 Å². The van der Waals surface area contributed by atoms with Gasteiger partial charge in [0.25, 0.3) is 5.91 Å². The zero-order valence-electron chi connectivity index (χ0n) is 21.0. The number of hydrogen-bond acceptors (Lipinski definition) is 11. The van der Waals surface area contributed by atoms with Gasteiger partial charge in [-0.05, 0) is 50.0 Å². The summed E-state index contributed by atoms with van der Waals surface area (Å²) in [6, 6.07) is 1.63. The van der Waals surface area contributed by atoms with Crippen LogP contribution < -0.4 is 11.1 Å². The molecular formula is C26H26N4O9. The highest BCUT2D eigenvalue weighted by Crippen LogP contribution is 2.51. The average molecular weight is 539 g/mol. The Morgan fingerprint density at radius 3 is 2.54 bits per heavy atom. The summed E-state index contributed by atoms with van der Waals surface area (Å²) >= 11 is 0. The van der Waals surface area contributed by atoms with Crippen molar-refractivity contribution in [3.8, 4) is 5.75 Å². The minimum atomic E-state index is -2.78. The first-order chi connectivity index (χ1) is 18.4. The van der Waals surface area contributed by atoms with Gasteiger partial charge in [-0.1, -0.05) is 11.2 Å². The quantitative estimate of drug-likeness (QED) is 0.332. The van der Waals surface area contributed by atoms with Gasteiger partial charge in [-0.25, -0.2) is 0 Å². The Kier molecular flexibility index (Phi) is 6.23. The van der Waals surface area contributed by atoms with Gasteiger partial charge in [0.15, 0.2) is 34.7 Å². The molecule has 0 aliphatic heterocycles. The number of aromatic nitrogens is 1. The number of phenols is 1. The number of nitrogens with one attached hydrogen (secondary N) is 1. The number of phenolic OH excluding ortho intramolecular Hbond substituents is 1. The lowest BCUT2D eigenvalue weighted by Crippen LogP contribution is -2.74. The van der Waals surface area contributed by atoms with Crippen molar-refractivity contribution in [1.82, 2.24) is 15.4 Å². The fourth-order valence-electron chi connectivity index (χ4n) is 6.43. The lowest BCUT2D eigenvalue weighted by molar-refractivity contribution is -0.181. The number of likely N-dealkylation sites (N-methyl/N-ethyl adjacent to an activating group) is 1. The summed E-state index contributed by atoms with van der Waals surface area (Å²) in [5.74, 6) is -11.6. The van der Waals surface area contributed by atoms with Crippen molar-refractivity contribution >= 4 is 34.9 Å². The molecule has 2 saturated carbocycles. The van der Waals surface area contributed by atoms with Crippen LogP contribution in [0.4, 0.5) is 0 Å². The van der Waals surface area contributed by atoms with E-state index >= 15 is 0 Å². The minimum Gasteiger partial charge on any atom is -0.507 e. The summed E-state index contributed by atoms with van der Waals surface area (Å²) in [4.78, 5) is 79.8. The second-order valence-electron chi connectivity index (χ2n) is 10.5. The summed E-state index contributed by atoms with van der Waals surface area (Å²) in [6.07, 6.45) is 2.44. The number of amides is 2. The van der Waals surface area contributed by atoms with Crippen molar-refractivity contribution in [2.75, 3.05) is 14.1 Å². The molecule has 13 heteroatoms. The molecule has 0 spiro atoms. The number of aliphatic hydroxyl groups is 1. The van der Waals surface area contributed by atoms with Crippen LogP contribution in [0.25, 0.3) is 0 Å². The van der Waals surface area contributed by atoms with E-state index in [0.717, 1.165) is 0 Å². The molecule has 2 amide bonds. The Morgan fingerprint density at radius 2 is 1.92 bits per heavy atom. The molecule has 0 radical (unpaired) electrons. The molecule has 1 aromatic carbocycles. The molecule has 3 aliphatic rings. The SMILES string of the molecule is CN(C)[C@H]1C(=O)C(C(N)=O)C(=O)[C@]2(O)C(=O)C3C(=O)c4c(O)ccc(CNC(=O)c5cnoc5)c4C[C@@H]3C[C@H]12. The lowest BCUT2D eigenvalue weighted by Gasteiger charge is -2.52. The standard InChI is InChI=1S/C26H26N4O9/c1-30(2)19-14-6-11-5-13-10(7-28-25(37)12-8-29-39-9-12)3-4-15(31)17(13)20(32)16(11)22(34)26(14,38)23(35)18(21(19)33)24(27)36/h3-4,8-9,11,14,16,18-19,31,38H,5-7H2,1-2H3,(H2,27,36)(H,28,37)/t11-,14-,16?,18?,19-,26-/m1/s1. The minimum absolute atomic E-state index is 0.0177. The smallest absolute Gasteiger partial charge is 0.256 e. The Morgan fingerprint density at radius 1 is 1.21 bits per heavy atom. The summed E-state index contributed by atoms with van der Waals surface area (Å²) in [7, 11) is 3.03. The molecular weight excluding hydrogens is 512 g/mol. The normalized spacial score (nSPS) is 30.0. The molecule has 13 nitrogen and oxygen atoms in total. The number of Topliss-reactive ketones (excluding diaryl/α,β-unsaturated/α-hetero) is 4. The third-order valence-corrected chi connectivity index (χ3v) is 8.18. The Balaban J connectivity index is 1.54. The summed E-state index contributed by atoms with van der Waals surface area (Å²) in [5, 5.41) is 28.3. The van der Waals surface area contributed by atoms with Crippen LogP contribution in [-0.4, -0.2) is 81.0 Å². The lowest BCUT2D eigenvalue weighted by atomic mass is 9.52. The topological polar surface area (TPSA) is 210 Å². The van der Waals surface area contributed by atoms with Crippen molar-refractivity contribution < 1.29 is 43.5 Å². The van der Waals surface area contributed by atoms with Crippen molar-refractivity contribution in [2.45, 2.75) is 31.0 Å². The Labute approximate surface area is 221 Å². The number of hydrogen-bond donors (Lipinski definition) is 4. The molecule has 204 valence electrons. The maximum Gasteiger partial charge on any atom is 0.256 e. The second kappa shape index (κ2) is 9.20. The third-order valence-electron chi connectivity index (χ3n) is 8.18. The number of nitrogens with two attached hydrogens (primary N) is 1. The first-order valence-electron chi connectivity index (χ1n) is 12.3. The number of primary amides is 1. The van der Waals surface area contributed by atoms with E-state index in [1.54, 1.807) is 6.07 Å². The first kappa shape index (κ1) is 26.4. The molecule has 0 bridgehead atoms. The number of rotatable bonds is 5. The molecule has 5 rings (SSSR count).